The molecule has 1 aliphatic rings. The van der Waals surface area contributed by atoms with E-state index in [1.807, 2.05) is 18.3 Å². The van der Waals surface area contributed by atoms with Crippen LogP contribution in [0.25, 0.3) is 61.0 Å². The summed E-state index contributed by atoms with van der Waals surface area (Å²) in [6.07, 6.45) is 1.93. The maximum Gasteiger partial charge on any atom is 0.137 e. The van der Waals surface area contributed by atoms with E-state index in [0.717, 1.165) is 89.7 Å². The second-order valence-electron chi connectivity index (χ2n) is 24.8. The monoisotopic (exact) mass is 1000 g/mol. The smallest absolute Gasteiger partial charge is 0.137 e. The number of hydrogen-bond donors (Lipinski definition) is 0. The number of halogens is 1. The Morgan fingerprint density at radius 3 is 1.68 bits per heavy atom. The molecule has 382 valence electrons. The van der Waals surface area contributed by atoms with Crippen LogP contribution >= 0.6 is 0 Å². The van der Waals surface area contributed by atoms with Gasteiger partial charge in [0.05, 0.1) is 28.1 Å². The highest BCUT2D eigenvalue weighted by atomic mass is 19.1. The zero-order chi connectivity index (χ0) is 53.5. The van der Waals surface area contributed by atoms with Gasteiger partial charge >= 0.3 is 0 Å². The molecule has 0 radical (unpaired) electrons. The Bertz CT molecular complexity index is 3790. The standard InChI is InChI=1S/C70H69FN4O/c1-67(2,3)48-35-36-72-64(41-48)75-60-26-17-16-23-56(60)57-34-33-52(43-63(57)75)76-53-38-47(65-58(69(7,8)9)39-49(68(4,5)6)40-59(65)70(10,11)12)37-51(42-53)73-44-74(62-28-19-18-27-61(62)73)66-54(45-21-14-13-15-22-45)24-20-25-55(66)46-29-31-50(71)32-30-46/h13-43H,44H2,1-12H3. The molecular formula is C70H69FN4O. The Kier molecular flexibility index (Phi) is 12.4. The van der Waals surface area contributed by atoms with Crippen LogP contribution < -0.4 is 14.5 Å². The van der Waals surface area contributed by atoms with E-state index in [9.17, 15) is 4.39 Å². The van der Waals surface area contributed by atoms with E-state index in [4.69, 9.17) is 9.72 Å². The number of benzene rings is 8. The molecule has 0 N–H and O–H groups in total. The number of anilines is 4. The summed E-state index contributed by atoms with van der Waals surface area (Å²) in [5, 5.41) is 2.29. The number of hydrogen-bond acceptors (Lipinski definition) is 4. The van der Waals surface area contributed by atoms with Crippen molar-refractivity contribution in [3.63, 3.8) is 0 Å². The van der Waals surface area contributed by atoms with E-state index < -0.39 is 0 Å². The van der Waals surface area contributed by atoms with E-state index >= 15 is 0 Å². The Morgan fingerprint density at radius 1 is 0.447 bits per heavy atom. The topological polar surface area (TPSA) is 33.5 Å². The molecule has 0 fully saturated rings. The van der Waals surface area contributed by atoms with Crippen LogP contribution in [0.15, 0.2) is 188 Å². The van der Waals surface area contributed by atoms with E-state index in [1.54, 1.807) is 12.1 Å². The predicted octanol–water partition coefficient (Wildman–Crippen LogP) is 19.5. The average molecular weight is 1000 g/mol. The van der Waals surface area contributed by atoms with Crippen LogP contribution in [0.4, 0.5) is 27.1 Å². The number of nitrogens with zero attached hydrogens (tertiary/aromatic N) is 4. The van der Waals surface area contributed by atoms with Crippen LogP contribution in [0, 0.1) is 5.82 Å². The zero-order valence-corrected chi connectivity index (χ0v) is 46.2. The lowest BCUT2D eigenvalue weighted by Gasteiger charge is -2.34. The minimum absolute atomic E-state index is 0.0523. The fourth-order valence-corrected chi connectivity index (χ4v) is 11.1. The van der Waals surface area contributed by atoms with Gasteiger partial charge in [-0.15, -0.1) is 0 Å². The second kappa shape index (κ2) is 18.7. The quantitative estimate of drug-likeness (QED) is 0.152. The molecule has 0 bridgehead atoms. The summed E-state index contributed by atoms with van der Waals surface area (Å²) in [4.78, 5) is 9.83. The lowest BCUT2D eigenvalue weighted by atomic mass is 9.71. The highest BCUT2D eigenvalue weighted by Crippen LogP contribution is 2.52. The van der Waals surface area contributed by atoms with Gasteiger partial charge in [-0.1, -0.05) is 186 Å². The van der Waals surface area contributed by atoms with Crippen LogP contribution in [0.3, 0.4) is 0 Å². The van der Waals surface area contributed by atoms with Gasteiger partial charge in [0, 0.05) is 45.9 Å². The largest absolute Gasteiger partial charge is 0.457 e. The molecule has 0 spiro atoms. The third-order valence-electron chi connectivity index (χ3n) is 15.1. The van der Waals surface area contributed by atoms with Gasteiger partial charge in [0.1, 0.15) is 29.8 Å². The summed E-state index contributed by atoms with van der Waals surface area (Å²) in [6.45, 7) is 28.2. The van der Waals surface area contributed by atoms with Crippen molar-refractivity contribution in [3.8, 4) is 50.7 Å². The fourth-order valence-electron chi connectivity index (χ4n) is 11.1. The van der Waals surface area contributed by atoms with Gasteiger partial charge in [-0.05, 0) is 133 Å². The van der Waals surface area contributed by atoms with Crippen LogP contribution in [-0.4, -0.2) is 16.2 Å². The second-order valence-corrected chi connectivity index (χ2v) is 24.8. The van der Waals surface area contributed by atoms with Gasteiger partial charge < -0.3 is 14.5 Å². The van der Waals surface area contributed by atoms with Crippen molar-refractivity contribution in [3.05, 3.63) is 216 Å². The summed E-state index contributed by atoms with van der Waals surface area (Å²) in [5.41, 5.74) is 17.4. The van der Waals surface area contributed by atoms with E-state index in [0.29, 0.717) is 6.67 Å². The Morgan fingerprint density at radius 2 is 1.04 bits per heavy atom. The predicted molar refractivity (Wildman–Crippen MR) is 318 cm³/mol. The summed E-state index contributed by atoms with van der Waals surface area (Å²) >= 11 is 0. The maximum absolute atomic E-state index is 14.6. The normalized spacial score (nSPS) is 13.2. The van der Waals surface area contributed by atoms with Gasteiger partial charge in [-0.2, -0.15) is 0 Å². The Hall–Kier alpha value is -7.96. The highest BCUT2D eigenvalue weighted by Gasteiger charge is 2.34. The molecule has 76 heavy (non-hydrogen) atoms. The molecule has 0 unspecified atom stereocenters. The van der Waals surface area contributed by atoms with Gasteiger partial charge in [-0.25, -0.2) is 9.37 Å². The molecule has 8 aromatic carbocycles. The van der Waals surface area contributed by atoms with Gasteiger partial charge in [0.15, 0.2) is 0 Å². The van der Waals surface area contributed by atoms with E-state index in [1.165, 1.54) is 27.8 Å². The number of ether oxygens (including phenoxy) is 1. The molecule has 11 rings (SSSR count). The average Bonchev–Trinajstić information content (AvgIpc) is 3.97. The molecular weight excluding hydrogens is 932 g/mol. The van der Waals surface area contributed by atoms with Crippen LogP contribution in [0.5, 0.6) is 11.5 Å². The first kappa shape index (κ1) is 50.2. The minimum Gasteiger partial charge on any atom is -0.457 e. The first-order valence-corrected chi connectivity index (χ1v) is 26.7. The van der Waals surface area contributed by atoms with Gasteiger partial charge in [0.25, 0.3) is 0 Å². The van der Waals surface area contributed by atoms with Crippen molar-refractivity contribution < 1.29 is 9.13 Å². The van der Waals surface area contributed by atoms with E-state index in [2.05, 4.69) is 255 Å². The van der Waals surface area contributed by atoms with Crippen molar-refractivity contribution in [2.24, 2.45) is 0 Å². The van der Waals surface area contributed by atoms with Crippen LogP contribution in [0.1, 0.15) is 105 Å². The molecule has 3 heterocycles. The molecule has 2 aromatic heterocycles. The van der Waals surface area contributed by atoms with Crippen molar-refractivity contribution in [2.45, 2.75) is 105 Å². The molecule has 0 amide bonds. The number of para-hydroxylation sites is 4. The molecule has 1 aliphatic heterocycles. The molecule has 0 aliphatic carbocycles. The Labute approximate surface area is 449 Å². The first-order chi connectivity index (χ1) is 36.1. The number of rotatable bonds is 8. The molecule has 5 nitrogen and oxygen atoms in total. The number of aromatic nitrogens is 2. The molecule has 10 aromatic rings. The van der Waals surface area contributed by atoms with Crippen LogP contribution in [-0.2, 0) is 21.7 Å². The first-order valence-electron chi connectivity index (χ1n) is 26.7. The van der Waals surface area contributed by atoms with Crippen molar-refractivity contribution >= 4 is 44.6 Å². The number of fused-ring (bicyclic) bond motifs is 4. The minimum atomic E-state index is -0.261. The molecule has 0 saturated heterocycles. The van der Waals surface area contributed by atoms with Crippen molar-refractivity contribution in [1.82, 2.24) is 9.55 Å². The summed E-state index contributed by atoms with van der Waals surface area (Å²) in [7, 11) is 0. The Balaban J connectivity index is 1.13. The fraction of sp³-hybridized carbons (Fsp3) is 0.243. The lowest BCUT2D eigenvalue weighted by molar-refractivity contribution is 0.483. The van der Waals surface area contributed by atoms with Crippen LogP contribution in [0.2, 0.25) is 0 Å². The zero-order valence-electron chi connectivity index (χ0n) is 46.2. The van der Waals surface area contributed by atoms with Gasteiger partial charge in [-0.3, -0.25) is 4.57 Å². The number of pyridine rings is 1. The van der Waals surface area contributed by atoms with E-state index in [-0.39, 0.29) is 27.5 Å². The molecule has 6 heteroatoms. The summed E-state index contributed by atoms with van der Waals surface area (Å²) in [5.74, 6) is 2.07. The SMILES string of the molecule is CC(C)(C)c1ccnc(-n2c3ccccc3c3ccc(Oc4cc(-c5c(C(C)(C)C)cc(C(C)(C)C)cc5C(C)(C)C)cc(N5CN(c6c(-c7ccccc7)cccc6-c6ccc(F)cc6)c6ccccc65)c4)cc32)c1. The van der Waals surface area contributed by atoms with Crippen molar-refractivity contribution in [2.75, 3.05) is 16.5 Å². The highest BCUT2D eigenvalue weighted by molar-refractivity contribution is 6.09. The van der Waals surface area contributed by atoms with Crippen molar-refractivity contribution in [1.29, 1.82) is 0 Å². The summed E-state index contributed by atoms with van der Waals surface area (Å²) < 4.78 is 24.2. The third kappa shape index (κ3) is 9.33. The summed E-state index contributed by atoms with van der Waals surface area (Å²) in [6, 6.07) is 63.7. The van der Waals surface area contributed by atoms with Gasteiger partial charge in [0.2, 0.25) is 0 Å². The molecule has 0 saturated carbocycles. The third-order valence-corrected chi connectivity index (χ3v) is 15.1. The molecule has 0 atom stereocenters. The maximum atomic E-state index is 14.6. The lowest BCUT2D eigenvalue weighted by Crippen LogP contribution is -2.25.